The first-order valence-corrected chi connectivity index (χ1v) is 6.82. The third-order valence-electron chi connectivity index (χ3n) is 2.62. The molecule has 0 aromatic heterocycles. The number of benzene rings is 1. The predicted molar refractivity (Wildman–Crippen MR) is 80.8 cm³/mol. The van der Waals surface area contributed by atoms with Crippen LogP contribution >= 0.6 is 11.6 Å². The summed E-state index contributed by atoms with van der Waals surface area (Å²) in [5, 5.41) is 3.30. The summed E-state index contributed by atoms with van der Waals surface area (Å²) in [5.41, 5.74) is 6.51. The Balaban J connectivity index is 2.54. The molecule has 1 aromatic carbocycles. The van der Waals surface area contributed by atoms with E-state index < -0.39 is 0 Å². The lowest BCUT2D eigenvalue weighted by molar-refractivity contribution is 0.0951. The van der Waals surface area contributed by atoms with Crippen molar-refractivity contribution in [1.82, 2.24) is 5.32 Å². The zero-order chi connectivity index (χ0) is 14.8. The topological polar surface area (TPSA) is 64.3 Å². The molecule has 1 rings (SSSR count). The number of carbonyl (C=O) groups excluding carboxylic acids is 1. The number of ether oxygens (including phenoxy) is 1. The van der Waals surface area contributed by atoms with Crippen LogP contribution < -0.4 is 11.1 Å². The van der Waals surface area contributed by atoms with Crippen molar-refractivity contribution < 1.29 is 9.53 Å². The summed E-state index contributed by atoms with van der Waals surface area (Å²) in [4.78, 5) is 11.9. The molecule has 4 nitrogen and oxygen atoms in total. The van der Waals surface area contributed by atoms with Gasteiger partial charge in [0.25, 0.3) is 5.91 Å². The molecule has 3 N–H and O–H groups in total. The molecule has 0 aliphatic rings. The van der Waals surface area contributed by atoms with Gasteiger partial charge in [-0.2, -0.15) is 0 Å². The van der Waals surface area contributed by atoms with Gasteiger partial charge in [0.2, 0.25) is 0 Å². The predicted octanol–water partition coefficient (Wildman–Crippen LogP) is 1.81. The molecule has 108 valence electrons. The highest BCUT2D eigenvalue weighted by atomic mass is 35.5. The van der Waals surface area contributed by atoms with Crippen molar-refractivity contribution in [2.75, 3.05) is 26.8 Å². The van der Waals surface area contributed by atoms with Crippen molar-refractivity contribution in [1.29, 1.82) is 0 Å². The molecule has 0 fully saturated rings. The van der Waals surface area contributed by atoms with Gasteiger partial charge in [0.15, 0.2) is 0 Å². The maximum absolute atomic E-state index is 11.9. The van der Waals surface area contributed by atoms with Crippen LogP contribution in [0.3, 0.4) is 0 Å². The molecule has 0 aliphatic heterocycles. The van der Waals surface area contributed by atoms with E-state index in [1.165, 1.54) is 0 Å². The molecule has 0 saturated carbocycles. The van der Waals surface area contributed by atoms with Gasteiger partial charge in [0, 0.05) is 31.4 Å². The summed E-state index contributed by atoms with van der Waals surface area (Å²) in [6.07, 6.45) is 1.80. The van der Waals surface area contributed by atoms with E-state index in [0.29, 0.717) is 29.3 Å². The van der Waals surface area contributed by atoms with E-state index in [4.69, 9.17) is 22.1 Å². The number of nitrogens with two attached hydrogens (primary N) is 1. The average molecular weight is 295 g/mol. The number of amides is 1. The van der Waals surface area contributed by atoms with Gasteiger partial charge in [0.05, 0.1) is 11.6 Å². The second kappa shape index (κ2) is 9.38. The van der Waals surface area contributed by atoms with Gasteiger partial charge in [-0.25, -0.2) is 0 Å². The van der Waals surface area contributed by atoms with Gasteiger partial charge in [-0.1, -0.05) is 23.4 Å². The first-order chi connectivity index (χ1) is 9.69. The molecule has 0 spiro atoms. The second-order valence-corrected chi connectivity index (χ2v) is 4.56. The normalized spacial score (nSPS) is 9.75. The van der Waals surface area contributed by atoms with Crippen LogP contribution in [0.1, 0.15) is 28.8 Å². The van der Waals surface area contributed by atoms with Crippen LogP contribution in [-0.4, -0.2) is 32.7 Å². The average Bonchev–Trinajstić information content (AvgIpc) is 2.45. The van der Waals surface area contributed by atoms with Gasteiger partial charge in [-0.15, -0.1) is 0 Å². The summed E-state index contributed by atoms with van der Waals surface area (Å²) >= 11 is 6.07. The van der Waals surface area contributed by atoms with Gasteiger partial charge in [-0.3, -0.25) is 4.79 Å². The van der Waals surface area contributed by atoms with Crippen LogP contribution in [-0.2, 0) is 4.74 Å². The summed E-state index contributed by atoms with van der Waals surface area (Å²) < 4.78 is 4.94. The van der Waals surface area contributed by atoms with Crippen molar-refractivity contribution in [3.63, 3.8) is 0 Å². The Labute approximate surface area is 124 Å². The number of methoxy groups -OCH3 is 1. The standard InChI is InChI=1S/C15H19ClN2O2/c1-20-10-3-2-9-18-15(19)13-7-6-12(5-4-8-17)14(16)11-13/h6-7,11H,2-3,8-10,17H2,1H3,(H,18,19). The molecule has 0 heterocycles. The molecular formula is C15H19ClN2O2. The number of rotatable bonds is 6. The largest absolute Gasteiger partial charge is 0.385 e. The lowest BCUT2D eigenvalue weighted by Crippen LogP contribution is -2.24. The Morgan fingerprint density at radius 3 is 2.90 bits per heavy atom. The first-order valence-electron chi connectivity index (χ1n) is 6.44. The van der Waals surface area contributed by atoms with E-state index in [1.807, 2.05) is 0 Å². The maximum Gasteiger partial charge on any atom is 0.251 e. The van der Waals surface area contributed by atoms with Crippen LogP contribution in [0.4, 0.5) is 0 Å². The fourth-order valence-electron chi connectivity index (χ4n) is 1.58. The van der Waals surface area contributed by atoms with Crippen LogP contribution in [0, 0.1) is 11.8 Å². The van der Waals surface area contributed by atoms with Gasteiger partial charge in [0.1, 0.15) is 0 Å². The molecule has 0 saturated heterocycles. The zero-order valence-corrected chi connectivity index (χ0v) is 12.3. The van der Waals surface area contributed by atoms with E-state index in [2.05, 4.69) is 17.2 Å². The fraction of sp³-hybridized carbons (Fsp3) is 0.400. The van der Waals surface area contributed by atoms with Gasteiger partial charge >= 0.3 is 0 Å². The summed E-state index contributed by atoms with van der Waals surface area (Å²) in [7, 11) is 1.66. The van der Waals surface area contributed by atoms with Gasteiger partial charge < -0.3 is 15.8 Å². The molecule has 0 unspecified atom stereocenters. The zero-order valence-electron chi connectivity index (χ0n) is 11.5. The van der Waals surface area contributed by atoms with Gasteiger partial charge in [-0.05, 0) is 31.0 Å². The number of carbonyl (C=O) groups is 1. The van der Waals surface area contributed by atoms with E-state index >= 15 is 0 Å². The monoisotopic (exact) mass is 294 g/mol. The van der Waals surface area contributed by atoms with Crippen molar-refractivity contribution in [3.05, 3.63) is 34.3 Å². The molecule has 20 heavy (non-hydrogen) atoms. The molecule has 0 aliphatic carbocycles. The highest BCUT2D eigenvalue weighted by molar-refractivity contribution is 6.32. The van der Waals surface area contributed by atoms with Crippen molar-refractivity contribution in [2.45, 2.75) is 12.8 Å². The molecule has 1 amide bonds. The molecule has 1 aromatic rings. The van der Waals surface area contributed by atoms with Crippen molar-refractivity contribution in [3.8, 4) is 11.8 Å². The lowest BCUT2D eigenvalue weighted by Gasteiger charge is -2.06. The number of hydrogen-bond donors (Lipinski definition) is 2. The van der Waals surface area contributed by atoms with Crippen molar-refractivity contribution >= 4 is 17.5 Å². The Bertz CT molecular complexity index is 506. The number of unbranched alkanes of at least 4 members (excludes halogenated alkanes) is 1. The van der Waals surface area contributed by atoms with E-state index in [-0.39, 0.29) is 12.5 Å². The van der Waals surface area contributed by atoms with Crippen LogP contribution in [0.2, 0.25) is 5.02 Å². The van der Waals surface area contributed by atoms with Crippen LogP contribution in [0.5, 0.6) is 0 Å². The highest BCUT2D eigenvalue weighted by Crippen LogP contribution is 2.17. The minimum atomic E-state index is -0.136. The lowest BCUT2D eigenvalue weighted by atomic mass is 10.1. The minimum absolute atomic E-state index is 0.136. The van der Waals surface area contributed by atoms with Crippen LogP contribution in [0.25, 0.3) is 0 Å². The van der Waals surface area contributed by atoms with E-state index in [9.17, 15) is 4.79 Å². The summed E-state index contributed by atoms with van der Waals surface area (Å²) in [6.45, 7) is 1.60. The first kappa shape index (κ1) is 16.5. The third kappa shape index (κ3) is 5.62. The summed E-state index contributed by atoms with van der Waals surface area (Å²) in [5.74, 6) is 5.44. The molecular weight excluding hydrogens is 276 g/mol. The second-order valence-electron chi connectivity index (χ2n) is 4.16. The Morgan fingerprint density at radius 2 is 2.25 bits per heavy atom. The Hall–Kier alpha value is -1.54. The highest BCUT2D eigenvalue weighted by Gasteiger charge is 2.07. The fourth-order valence-corrected chi connectivity index (χ4v) is 1.81. The molecule has 0 atom stereocenters. The van der Waals surface area contributed by atoms with Crippen LogP contribution in [0.15, 0.2) is 18.2 Å². The molecule has 5 heteroatoms. The number of nitrogens with one attached hydrogen (secondary N) is 1. The number of halogens is 1. The molecule has 0 bridgehead atoms. The Morgan fingerprint density at radius 1 is 1.45 bits per heavy atom. The quantitative estimate of drug-likeness (QED) is 0.621. The SMILES string of the molecule is COCCCCNC(=O)c1ccc(C#CCN)c(Cl)c1. The minimum Gasteiger partial charge on any atom is -0.385 e. The van der Waals surface area contributed by atoms with E-state index in [0.717, 1.165) is 12.8 Å². The number of hydrogen-bond acceptors (Lipinski definition) is 3. The maximum atomic E-state index is 11.9. The van der Waals surface area contributed by atoms with Crippen molar-refractivity contribution in [2.24, 2.45) is 5.73 Å². The summed E-state index contributed by atoms with van der Waals surface area (Å²) in [6, 6.07) is 5.05. The third-order valence-corrected chi connectivity index (χ3v) is 2.93. The Kier molecular flexibility index (Phi) is 7.74. The smallest absolute Gasteiger partial charge is 0.251 e. The van der Waals surface area contributed by atoms with E-state index in [1.54, 1.807) is 25.3 Å². The molecule has 0 radical (unpaired) electrons.